The second-order valence-corrected chi connectivity index (χ2v) is 1.71. The van der Waals surface area contributed by atoms with Crippen LogP contribution in [0.3, 0.4) is 0 Å². The molecule has 0 saturated carbocycles. The van der Waals surface area contributed by atoms with E-state index in [-0.39, 0.29) is 74.3 Å². The summed E-state index contributed by atoms with van der Waals surface area (Å²) < 4.78 is 0. The smallest absolute Gasteiger partial charge is 0.0536 e. The molecule has 0 atom stereocenters. The van der Waals surface area contributed by atoms with Crippen LogP contribution in [0.5, 0.6) is 0 Å². The zero-order chi connectivity index (χ0) is 4.83. The molecule has 0 bridgehead atoms. The molecule has 0 heterocycles. The average Bonchev–Trinajstić information content (AvgIpc) is 1.61. The number of hydrogen-bond donors (Lipinski definition) is 0. The standard InChI is InChI=1S/C6H14.10CH4/c1-3-5-6-4-2;;;;;;;;;;/h3-6H2,1-2H3;10*1H4. The molecule has 0 fully saturated rings. The maximum atomic E-state index is 2.23. The molecule has 16 heavy (non-hydrogen) atoms. The highest BCUT2D eigenvalue weighted by atomic mass is 13.8. The molecule has 0 aliphatic heterocycles. The van der Waals surface area contributed by atoms with Crippen molar-refractivity contribution in [1.29, 1.82) is 0 Å². The van der Waals surface area contributed by atoms with Crippen LogP contribution in [-0.4, -0.2) is 0 Å². The van der Waals surface area contributed by atoms with E-state index in [0.717, 1.165) is 0 Å². The Labute approximate surface area is 114 Å². The summed E-state index contributed by atoms with van der Waals surface area (Å²) in [6.07, 6.45) is 5.54. The summed E-state index contributed by atoms with van der Waals surface area (Å²) in [6.45, 7) is 4.46. The van der Waals surface area contributed by atoms with Gasteiger partial charge in [0.05, 0.1) is 0 Å². The van der Waals surface area contributed by atoms with Crippen LogP contribution in [0.4, 0.5) is 0 Å². The van der Waals surface area contributed by atoms with Crippen molar-refractivity contribution in [1.82, 2.24) is 0 Å². The second kappa shape index (κ2) is 184. The van der Waals surface area contributed by atoms with Crippen molar-refractivity contribution >= 4 is 0 Å². The summed E-state index contributed by atoms with van der Waals surface area (Å²) in [4.78, 5) is 0. The lowest BCUT2D eigenvalue weighted by Gasteiger charge is -1.86. The first-order valence-corrected chi connectivity index (χ1v) is 2.91. The Bertz CT molecular complexity index is 12.0. The zero-order valence-electron chi connectivity index (χ0n) is 4.83. The molecule has 0 rings (SSSR count). The molecule has 0 amide bonds. The van der Waals surface area contributed by atoms with Crippen LogP contribution in [0.1, 0.15) is 114 Å². The summed E-state index contributed by atoms with van der Waals surface area (Å²) in [7, 11) is 0. The summed E-state index contributed by atoms with van der Waals surface area (Å²) in [5.74, 6) is 0. The van der Waals surface area contributed by atoms with E-state index < -0.39 is 0 Å². The molecule has 0 nitrogen and oxygen atoms in total. The monoisotopic (exact) mass is 246 g/mol. The number of rotatable bonds is 3. The van der Waals surface area contributed by atoms with Gasteiger partial charge in [-0.1, -0.05) is 114 Å². The summed E-state index contributed by atoms with van der Waals surface area (Å²) in [5.41, 5.74) is 0. The van der Waals surface area contributed by atoms with E-state index in [1.807, 2.05) is 0 Å². The van der Waals surface area contributed by atoms with E-state index in [4.69, 9.17) is 0 Å². The van der Waals surface area contributed by atoms with E-state index in [0.29, 0.717) is 0 Å². The second-order valence-electron chi connectivity index (χ2n) is 1.71. The maximum absolute atomic E-state index is 2.23. The first kappa shape index (κ1) is 144. The maximum Gasteiger partial charge on any atom is -0.0536 e. The van der Waals surface area contributed by atoms with Crippen molar-refractivity contribution in [3.05, 3.63) is 0 Å². The van der Waals surface area contributed by atoms with E-state index in [9.17, 15) is 0 Å². The fraction of sp³-hybridized carbons (Fsp3) is 1.00. The van der Waals surface area contributed by atoms with Crippen molar-refractivity contribution < 1.29 is 0 Å². The van der Waals surface area contributed by atoms with Crippen LogP contribution in [0.15, 0.2) is 0 Å². The molecule has 0 aromatic heterocycles. The van der Waals surface area contributed by atoms with Gasteiger partial charge in [-0.05, 0) is 0 Å². The molecule has 0 heteroatoms. The minimum absolute atomic E-state index is 0. The van der Waals surface area contributed by atoms with Crippen LogP contribution in [0, 0.1) is 0 Å². The third kappa shape index (κ3) is 263. The predicted octanol–water partition coefficient (Wildman–Crippen LogP) is 8.95. The topological polar surface area (TPSA) is 0 Å². The highest BCUT2D eigenvalue weighted by Gasteiger charge is 1.75. The van der Waals surface area contributed by atoms with E-state index in [1.165, 1.54) is 25.7 Å². The van der Waals surface area contributed by atoms with Crippen LogP contribution >= 0.6 is 0 Å². The van der Waals surface area contributed by atoms with Crippen LogP contribution < -0.4 is 0 Å². The molecular weight excluding hydrogens is 192 g/mol. The minimum atomic E-state index is 0. The molecule has 0 aliphatic carbocycles. The minimum Gasteiger partial charge on any atom is -0.0776 e. The van der Waals surface area contributed by atoms with Gasteiger partial charge in [0.1, 0.15) is 0 Å². The molecule has 0 spiro atoms. The van der Waals surface area contributed by atoms with Gasteiger partial charge in [0, 0.05) is 0 Å². The third-order valence-electron chi connectivity index (χ3n) is 0.957. The third-order valence-corrected chi connectivity index (χ3v) is 0.957. The number of unbranched alkanes of at least 4 members (excludes halogenated alkanes) is 3. The molecule has 0 radical (unpaired) electrons. The Kier molecular flexibility index (Phi) is 1650. The molecule has 0 N–H and O–H groups in total. The zero-order valence-corrected chi connectivity index (χ0v) is 4.83. The summed E-state index contributed by atoms with van der Waals surface area (Å²) >= 11 is 0. The SMILES string of the molecule is C.C.C.C.C.C.C.C.C.C.CCCCCC. The van der Waals surface area contributed by atoms with Crippen LogP contribution in [0.25, 0.3) is 0 Å². The summed E-state index contributed by atoms with van der Waals surface area (Å²) in [5, 5.41) is 0. The lowest BCUT2D eigenvalue weighted by molar-refractivity contribution is 0.702. The van der Waals surface area contributed by atoms with Gasteiger partial charge in [-0.25, -0.2) is 0 Å². The Morgan fingerprint density at radius 2 is 0.500 bits per heavy atom. The Hall–Kier alpha value is 0. The fourth-order valence-electron chi connectivity index (χ4n) is 0.500. The Morgan fingerprint density at radius 3 is 0.562 bits per heavy atom. The van der Waals surface area contributed by atoms with Gasteiger partial charge in [-0.15, -0.1) is 0 Å². The number of hydrogen-bond acceptors (Lipinski definition) is 0. The van der Waals surface area contributed by atoms with Crippen LogP contribution in [-0.2, 0) is 0 Å². The highest BCUT2D eigenvalue weighted by molar-refractivity contribution is 4.31. The van der Waals surface area contributed by atoms with Gasteiger partial charge in [0.25, 0.3) is 0 Å². The molecular formula is C16H54. The van der Waals surface area contributed by atoms with Crippen molar-refractivity contribution in [3.63, 3.8) is 0 Å². The molecule has 0 aromatic carbocycles. The van der Waals surface area contributed by atoms with Gasteiger partial charge in [0.15, 0.2) is 0 Å². The van der Waals surface area contributed by atoms with Crippen LogP contribution in [0.2, 0.25) is 0 Å². The quantitative estimate of drug-likeness (QED) is 0.436. The van der Waals surface area contributed by atoms with E-state index in [2.05, 4.69) is 13.8 Å². The van der Waals surface area contributed by atoms with Gasteiger partial charge in [-0.3, -0.25) is 0 Å². The van der Waals surface area contributed by atoms with Crippen molar-refractivity contribution in [3.8, 4) is 0 Å². The lowest BCUT2D eigenvalue weighted by Crippen LogP contribution is -1.66. The van der Waals surface area contributed by atoms with Gasteiger partial charge in [-0.2, -0.15) is 0 Å². The molecule has 0 aliphatic rings. The first-order chi connectivity index (χ1) is 2.91. The van der Waals surface area contributed by atoms with Crippen molar-refractivity contribution in [2.45, 2.75) is 114 Å². The van der Waals surface area contributed by atoms with Gasteiger partial charge < -0.3 is 0 Å². The highest BCUT2D eigenvalue weighted by Crippen LogP contribution is 1.95. The Balaban J connectivity index is -0.00000000278. The molecule has 0 unspecified atom stereocenters. The Morgan fingerprint density at radius 1 is 0.375 bits per heavy atom. The van der Waals surface area contributed by atoms with Crippen molar-refractivity contribution in [2.24, 2.45) is 0 Å². The molecule has 0 aromatic rings. The summed E-state index contributed by atoms with van der Waals surface area (Å²) in [6, 6.07) is 0. The lowest BCUT2D eigenvalue weighted by atomic mass is 10.2. The largest absolute Gasteiger partial charge is 0.0776 e. The van der Waals surface area contributed by atoms with E-state index >= 15 is 0 Å². The fourth-order valence-corrected chi connectivity index (χ4v) is 0.500. The normalized spacial score (nSPS) is 3.38. The van der Waals surface area contributed by atoms with E-state index in [1.54, 1.807) is 0 Å². The van der Waals surface area contributed by atoms with Gasteiger partial charge >= 0.3 is 0 Å². The predicted molar refractivity (Wildman–Crippen MR) is 97.1 cm³/mol. The van der Waals surface area contributed by atoms with Gasteiger partial charge in [0.2, 0.25) is 0 Å². The molecule has 118 valence electrons. The van der Waals surface area contributed by atoms with Crippen molar-refractivity contribution in [2.75, 3.05) is 0 Å². The first-order valence-electron chi connectivity index (χ1n) is 2.91. The molecule has 0 saturated heterocycles. The average molecular weight is 247 g/mol.